The third-order valence-electron chi connectivity index (χ3n) is 3.84. The van der Waals surface area contributed by atoms with Gasteiger partial charge in [-0.15, -0.1) is 0 Å². The number of nitrogens with one attached hydrogen (secondary N) is 1. The minimum absolute atomic E-state index is 0.305. The number of benzene rings is 3. The summed E-state index contributed by atoms with van der Waals surface area (Å²) in [5.41, 5.74) is 2.67. The Labute approximate surface area is 138 Å². The van der Waals surface area contributed by atoms with Gasteiger partial charge in [0.2, 0.25) is 5.89 Å². The molecule has 4 nitrogen and oxygen atoms in total. The molecular weight excluding hydrogens is 300 g/mol. The molecule has 0 unspecified atom stereocenters. The predicted molar refractivity (Wildman–Crippen MR) is 95.6 cm³/mol. The van der Waals surface area contributed by atoms with Crippen LogP contribution in [0.1, 0.15) is 5.89 Å². The van der Waals surface area contributed by atoms with Crippen molar-refractivity contribution in [3.05, 3.63) is 78.8 Å². The number of carbonyl (C=O) groups is 1. The Morgan fingerprint density at radius 1 is 0.958 bits per heavy atom. The van der Waals surface area contributed by atoms with E-state index in [1.165, 1.54) is 0 Å². The number of rotatable bonds is 4. The van der Waals surface area contributed by atoms with Crippen LogP contribution in [0.5, 0.6) is 0 Å². The highest BCUT2D eigenvalue weighted by Crippen LogP contribution is 2.24. The van der Waals surface area contributed by atoms with Crippen LogP contribution in [0.15, 0.2) is 77.3 Å². The first kappa shape index (κ1) is 14.2. The molecule has 0 fully saturated rings. The second-order valence-electron chi connectivity index (χ2n) is 5.38. The molecule has 0 radical (unpaired) electrons. The van der Waals surface area contributed by atoms with Gasteiger partial charge in [0.05, 0.1) is 5.57 Å². The monoisotopic (exact) mass is 314 g/mol. The van der Waals surface area contributed by atoms with Crippen LogP contribution in [0.3, 0.4) is 0 Å². The summed E-state index contributed by atoms with van der Waals surface area (Å²) >= 11 is 0. The summed E-state index contributed by atoms with van der Waals surface area (Å²) in [7, 11) is 0. The van der Waals surface area contributed by atoms with Crippen LogP contribution >= 0.6 is 0 Å². The van der Waals surface area contributed by atoms with Crippen molar-refractivity contribution in [1.29, 1.82) is 0 Å². The summed E-state index contributed by atoms with van der Waals surface area (Å²) < 4.78 is 5.65. The van der Waals surface area contributed by atoms with Gasteiger partial charge in [0.15, 0.2) is 11.9 Å². The molecule has 1 heterocycles. The van der Waals surface area contributed by atoms with Gasteiger partial charge in [-0.25, -0.2) is 4.98 Å². The molecule has 0 saturated heterocycles. The van der Waals surface area contributed by atoms with Crippen molar-refractivity contribution in [3.8, 4) is 0 Å². The molecule has 4 aromatic rings. The van der Waals surface area contributed by atoms with E-state index in [0.29, 0.717) is 17.0 Å². The van der Waals surface area contributed by atoms with E-state index in [-0.39, 0.29) is 0 Å². The summed E-state index contributed by atoms with van der Waals surface area (Å²) in [5, 5.41) is 5.40. The Kier molecular flexibility index (Phi) is 3.56. The number of hydrogen-bond acceptors (Lipinski definition) is 4. The normalized spacial score (nSPS) is 11.8. The maximum Gasteiger partial charge on any atom is 0.232 e. The highest BCUT2D eigenvalue weighted by atomic mass is 16.3. The van der Waals surface area contributed by atoms with Crippen molar-refractivity contribution in [3.63, 3.8) is 0 Å². The Hall–Kier alpha value is -3.40. The molecule has 1 aromatic heterocycles. The Morgan fingerprint density at radius 2 is 1.75 bits per heavy atom. The quantitative estimate of drug-likeness (QED) is 0.440. The molecule has 1 N–H and O–H groups in total. The minimum Gasteiger partial charge on any atom is -0.436 e. The van der Waals surface area contributed by atoms with Gasteiger partial charge in [-0.1, -0.05) is 48.5 Å². The second kappa shape index (κ2) is 6.01. The third kappa shape index (κ3) is 2.54. The smallest absolute Gasteiger partial charge is 0.232 e. The number of anilines is 1. The number of fused-ring (bicyclic) bond motifs is 2. The van der Waals surface area contributed by atoms with Crippen molar-refractivity contribution < 1.29 is 9.21 Å². The standard InChI is InChI=1S/C20H14N2O2/c23-13-15(20-22-18-9-3-4-11-19(18)24-20)12-21-17-10-5-7-14-6-1-2-8-16(14)17/h1-13,21H. The van der Waals surface area contributed by atoms with E-state index in [4.69, 9.17) is 4.42 Å². The SMILES string of the molecule is O=CC(=CNc1cccc2ccccc12)c1nc2ccccc2o1. The lowest BCUT2D eigenvalue weighted by Crippen LogP contribution is -1.94. The largest absolute Gasteiger partial charge is 0.436 e. The van der Waals surface area contributed by atoms with Crippen LogP contribution in [0.2, 0.25) is 0 Å². The van der Waals surface area contributed by atoms with Gasteiger partial charge in [0, 0.05) is 17.3 Å². The lowest BCUT2D eigenvalue weighted by atomic mass is 10.1. The highest BCUT2D eigenvalue weighted by Gasteiger charge is 2.10. The Bertz CT molecular complexity index is 1030. The minimum atomic E-state index is 0.305. The van der Waals surface area contributed by atoms with Crippen LogP contribution in [-0.4, -0.2) is 11.3 Å². The fraction of sp³-hybridized carbons (Fsp3) is 0. The predicted octanol–water partition coefficient (Wildman–Crippen LogP) is 4.63. The lowest BCUT2D eigenvalue weighted by molar-refractivity contribution is -0.103. The van der Waals surface area contributed by atoms with E-state index in [9.17, 15) is 4.79 Å². The van der Waals surface area contributed by atoms with Crippen molar-refractivity contribution >= 4 is 39.4 Å². The molecule has 0 bridgehead atoms. The van der Waals surface area contributed by atoms with Crippen LogP contribution in [0.4, 0.5) is 5.69 Å². The number of oxazole rings is 1. The zero-order valence-electron chi connectivity index (χ0n) is 12.8. The first-order valence-electron chi connectivity index (χ1n) is 7.61. The molecule has 0 atom stereocenters. The maximum atomic E-state index is 11.5. The average Bonchev–Trinajstić information content (AvgIpc) is 3.06. The summed E-state index contributed by atoms with van der Waals surface area (Å²) in [6.45, 7) is 0. The number of nitrogens with zero attached hydrogens (tertiary/aromatic N) is 1. The summed E-state index contributed by atoms with van der Waals surface area (Å²) in [6.07, 6.45) is 2.36. The number of carbonyl (C=O) groups excluding carboxylic acids is 1. The molecule has 116 valence electrons. The van der Waals surface area contributed by atoms with Gasteiger partial charge >= 0.3 is 0 Å². The highest BCUT2D eigenvalue weighted by molar-refractivity contribution is 6.06. The van der Waals surface area contributed by atoms with Crippen molar-refractivity contribution in [2.24, 2.45) is 0 Å². The number of aldehydes is 1. The number of allylic oxidation sites excluding steroid dienone is 1. The number of para-hydroxylation sites is 2. The topological polar surface area (TPSA) is 55.1 Å². The number of aromatic nitrogens is 1. The third-order valence-corrected chi connectivity index (χ3v) is 3.84. The second-order valence-corrected chi connectivity index (χ2v) is 5.38. The van der Waals surface area contributed by atoms with Gasteiger partial charge in [-0.3, -0.25) is 4.79 Å². The molecule has 0 saturated carbocycles. The summed E-state index contributed by atoms with van der Waals surface area (Å²) in [4.78, 5) is 15.8. The number of hydrogen-bond donors (Lipinski definition) is 1. The summed E-state index contributed by atoms with van der Waals surface area (Å²) in [6, 6.07) is 21.5. The molecule has 3 aromatic carbocycles. The molecule has 0 amide bonds. The average molecular weight is 314 g/mol. The van der Waals surface area contributed by atoms with Gasteiger partial charge < -0.3 is 9.73 Å². The van der Waals surface area contributed by atoms with E-state index in [0.717, 1.165) is 28.3 Å². The van der Waals surface area contributed by atoms with Gasteiger partial charge in [-0.2, -0.15) is 0 Å². The molecule has 0 aliphatic heterocycles. The van der Waals surface area contributed by atoms with Gasteiger partial charge in [-0.05, 0) is 23.6 Å². The molecule has 0 aliphatic rings. The lowest BCUT2D eigenvalue weighted by Gasteiger charge is -2.06. The van der Waals surface area contributed by atoms with Crippen LogP contribution < -0.4 is 5.32 Å². The molecule has 0 spiro atoms. The van der Waals surface area contributed by atoms with E-state index in [1.54, 1.807) is 6.20 Å². The molecular formula is C20H14N2O2. The molecule has 0 aliphatic carbocycles. The van der Waals surface area contributed by atoms with Crippen molar-refractivity contribution in [2.75, 3.05) is 5.32 Å². The van der Waals surface area contributed by atoms with Gasteiger partial charge in [0.25, 0.3) is 0 Å². The van der Waals surface area contributed by atoms with Crippen LogP contribution in [0.25, 0.3) is 27.4 Å². The Morgan fingerprint density at radius 3 is 2.62 bits per heavy atom. The zero-order valence-corrected chi connectivity index (χ0v) is 12.8. The van der Waals surface area contributed by atoms with Crippen molar-refractivity contribution in [2.45, 2.75) is 0 Å². The Balaban J connectivity index is 1.71. The summed E-state index contributed by atoms with van der Waals surface area (Å²) in [5.74, 6) is 0.305. The fourth-order valence-electron chi connectivity index (χ4n) is 2.65. The molecule has 24 heavy (non-hydrogen) atoms. The zero-order chi connectivity index (χ0) is 16.4. The molecule has 4 heteroatoms. The van der Waals surface area contributed by atoms with E-state index in [1.807, 2.05) is 66.7 Å². The molecule has 4 rings (SSSR count). The van der Waals surface area contributed by atoms with E-state index >= 15 is 0 Å². The van der Waals surface area contributed by atoms with E-state index < -0.39 is 0 Å². The first-order chi connectivity index (χ1) is 11.8. The maximum absolute atomic E-state index is 11.5. The van der Waals surface area contributed by atoms with Crippen LogP contribution in [-0.2, 0) is 4.79 Å². The first-order valence-corrected chi connectivity index (χ1v) is 7.61. The van der Waals surface area contributed by atoms with E-state index in [2.05, 4.69) is 10.3 Å². The van der Waals surface area contributed by atoms with Crippen molar-refractivity contribution in [1.82, 2.24) is 4.98 Å². The van der Waals surface area contributed by atoms with Gasteiger partial charge in [0.1, 0.15) is 5.52 Å². The fourth-order valence-corrected chi connectivity index (χ4v) is 2.65. The van der Waals surface area contributed by atoms with Crippen LogP contribution in [0, 0.1) is 0 Å².